The van der Waals surface area contributed by atoms with Gasteiger partial charge >= 0.3 is 0 Å². The lowest BCUT2D eigenvalue weighted by Gasteiger charge is -2.32. The second kappa shape index (κ2) is 5.89. The van der Waals surface area contributed by atoms with Crippen molar-refractivity contribution in [2.75, 3.05) is 31.6 Å². The predicted octanol–water partition coefficient (Wildman–Crippen LogP) is 2.38. The molecule has 18 heavy (non-hydrogen) atoms. The normalized spacial score (nSPS) is 19.7. The average Bonchev–Trinajstić information content (AvgIpc) is 2.39. The van der Waals surface area contributed by atoms with E-state index >= 15 is 0 Å². The van der Waals surface area contributed by atoms with Crippen LogP contribution in [0.2, 0.25) is 0 Å². The Morgan fingerprint density at radius 3 is 2.78 bits per heavy atom. The van der Waals surface area contributed by atoms with Crippen LogP contribution in [0.1, 0.15) is 19.8 Å². The third-order valence-corrected chi connectivity index (χ3v) is 3.58. The molecule has 1 atom stereocenters. The Bertz CT molecular complexity index is 391. The quantitative estimate of drug-likeness (QED) is 0.817. The minimum absolute atomic E-state index is 0.243. The van der Waals surface area contributed by atoms with Gasteiger partial charge in [0.2, 0.25) is 5.91 Å². The lowest BCUT2D eigenvalue weighted by atomic mass is 10.0. The maximum absolute atomic E-state index is 12.2. The van der Waals surface area contributed by atoms with Crippen LogP contribution >= 0.6 is 0 Å². The van der Waals surface area contributed by atoms with Gasteiger partial charge in [-0.25, -0.2) is 0 Å². The smallest absolute Gasteiger partial charge is 0.242 e. The fraction of sp³-hybridized carbons (Fsp3) is 0.533. The summed E-state index contributed by atoms with van der Waals surface area (Å²) in [5.74, 6) is 0.887. The van der Waals surface area contributed by atoms with E-state index in [0.717, 1.165) is 25.2 Å². The number of para-hydroxylation sites is 1. The van der Waals surface area contributed by atoms with E-state index in [0.29, 0.717) is 12.5 Å². The Hall–Kier alpha value is -1.51. The Kier molecular flexibility index (Phi) is 4.24. The number of carbonyl (C=O) groups excluding carboxylic acids is 1. The maximum Gasteiger partial charge on any atom is 0.242 e. The van der Waals surface area contributed by atoms with Crippen LogP contribution in [0.25, 0.3) is 0 Å². The van der Waals surface area contributed by atoms with Gasteiger partial charge in [0.1, 0.15) is 0 Å². The molecule has 1 aliphatic rings. The van der Waals surface area contributed by atoms with E-state index in [-0.39, 0.29) is 5.91 Å². The second-order valence-electron chi connectivity index (χ2n) is 5.28. The molecule has 3 nitrogen and oxygen atoms in total. The highest BCUT2D eigenvalue weighted by molar-refractivity contribution is 5.81. The molecule has 0 radical (unpaired) electrons. The molecule has 1 aliphatic heterocycles. The van der Waals surface area contributed by atoms with Gasteiger partial charge in [0.05, 0.1) is 6.54 Å². The Morgan fingerprint density at radius 1 is 1.39 bits per heavy atom. The van der Waals surface area contributed by atoms with Crippen LogP contribution < -0.4 is 4.90 Å². The Morgan fingerprint density at radius 2 is 2.11 bits per heavy atom. The zero-order valence-corrected chi connectivity index (χ0v) is 11.3. The Balaban J connectivity index is 1.91. The molecule has 1 aromatic rings. The summed E-state index contributed by atoms with van der Waals surface area (Å²) in [7, 11) is 1.97. The minimum atomic E-state index is 0.243. The van der Waals surface area contributed by atoms with Crippen LogP contribution in [-0.2, 0) is 4.79 Å². The van der Waals surface area contributed by atoms with Gasteiger partial charge in [0.15, 0.2) is 0 Å². The number of likely N-dealkylation sites (tertiary alicyclic amines) is 1. The topological polar surface area (TPSA) is 23.6 Å². The van der Waals surface area contributed by atoms with Crippen molar-refractivity contribution < 1.29 is 4.79 Å². The molecular formula is C15H22N2O. The largest absolute Gasteiger partial charge is 0.365 e. The van der Waals surface area contributed by atoms with Crippen molar-refractivity contribution >= 4 is 11.6 Å². The van der Waals surface area contributed by atoms with Gasteiger partial charge in [-0.05, 0) is 30.9 Å². The predicted molar refractivity (Wildman–Crippen MR) is 74.7 cm³/mol. The van der Waals surface area contributed by atoms with E-state index < -0.39 is 0 Å². The van der Waals surface area contributed by atoms with E-state index in [1.54, 1.807) is 0 Å². The summed E-state index contributed by atoms with van der Waals surface area (Å²) in [5, 5.41) is 0. The van der Waals surface area contributed by atoms with Crippen LogP contribution in [0.5, 0.6) is 0 Å². The molecular weight excluding hydrogens is 224 g/mol. The first-order chi connectivity index (χ1) is 8.66. The van der Waals surface area contributed by atoms with Crippen LogP contribution in [0.4, 0.5) is 5.69 Å². The number of rotatable bonds is 3. The van der Waals surface area contributed by atoms with E-state index in [1.165, 1.54) is 6.42 Å². The molecule has 1 fully saturated rings. The molecule has 2 rings (SSSR count). The summed E-state index contributed by atoms with van der Waals surface area (Å²) in [6.07, 6.45) is 2.39. The molecule has 0 aromatic heterocycles. The van der Waals surface area contributed by atoms with Crippen LogP contribution in [0.15, 0.2) is 30.3 Å². The summed E-state index contributed by atoms with van der Waals surface area (Å²) < 4.78 is 0. The number of benzene rings is 1. The average molecular weight is 246 g/mol. The summed E-state index contributed by atoms with van der Waals surface area (Å²) >= 11 is 0. The number of carbonyl (C=O) groups is 1. The maximum atomic E-state index is 12.2. The number of amides is 1. The van der Waals surface area contributed by atoms with E-state index in [4.69, 9.17) is 0 Å². The molecule has 0 spiro atoms. The van der Waals surface area contributed by atoms with Crippen molar-refractivity contribution in [3.05, 3.63) is 30.3 Å². The monoisotopic (exact) mass is 246 g/mol. The summed E-state index contributed by atoms with van der Waals surface area (Å²) in [4.78, 5) is 16.2. The molecule has 0 aliphatic carbocycles. The fourth-order valence-corrected chi connectivity index (χ4v) is 2.49. The standard InChI is InChI=1S/C15H22N2O/c1-13-7-6-10-17(11-13)15(18)12-16(2)14-8-4-3-5-9-14/h3-5,8-9,13H,6-7,10-12H2,1-2H3. The van der Waals surface area contributed by atoms with Crippen LogP contribution in [-0.4, -0.2) is 37.5 Å². The summed E-state index contributed by atoms with van der Waals surface area (Å²) in [5.41, 5.74) is 1.09. The molecule has 0 saturated carbocycles. The summed E-state index contributed by atoms with van der Waals surface area (Å²) in [6, 6.07) is 10.1. The number of nitrogens with zero attached hydrogens (tertiary/aromatic N) is 2. The lowest BCUT2D eigenvalue weighted by molar-refractivity contribution is -0.131. The third-order valence-electron chi connectivity index (χ3n) is 3.58. The molecule has 1 unspecified atom stereocenters. The van der Waals surface area contributed by atoms with Crippen molar-refractivity contribution in [1.82, 2.24) is 4.90 Å². The first-order valence-electron chi connectivity index (χ1n) is 6.71. The minimum Gasteiger partial charge on any atom is -0.365 e. The molecule has 0 N–H and O–H groups in total. The number of anilines is 1. The van der Waals surface area contributed by atoms with Gasteiger partial charge in [-0.1, -0.05) is 25.1 Å². The van der Waals surface area contributed by atoms with Crippen LogP contribution in [0.3, 0.4) is 0 Å². The number of likely N-dealkylation sites (N-methyl/N-ethyl adjacent to an activating group) is 1. The molecule has 1 amide bonds. The van der Waals surface area contributed by atoms with E-state index in [9.17, 15) is 4.79 Å². The number of piperidine rings is 1. The molecule has 1 aromatic carbocycles. The van der Waals surface area contributed by atoms with E-state index in [1.807, 2.05) is 47.2 Å². The molecule has 98 valence electrons. The molecule has 1 saturated heterocycles. The van der Waals surface area contributed by atoms with E-state index in [2.05, 4.69) is 6.92 Å². The van der Waals surface area contributed by atoms with Gasteiger partial charge in [0.25, 0.3) is 0 Å². The fourth-order valence-electron chi connectivity index (χ4n) is 2.49. The highest BCUT2D eigenvalue weighted by Gasteiger charge is 2.21. The van der Waals surface area contributed by atoms with Crippen molar-refractivity contribution in [1.29, 1.82) is 0 Å². The van der Waals surface area contributed by atoms with Crippen molar-refractivity contribution in [3.63, 3.8) is 0 Å². The number of hydrogen-bond acceptors (Lipinski definition) is 2. The van der Waals surface area contributed by atoms with Gasteiger partial charge < -0.3 is 9.80 Å². The SMILES string of the molecule is CC1CCCN(C(=O)CN(C)c2ccccc2)C1. The van der Waals surface area contributed by atoms with Gasteiger partial charge in [-0.3, -0.25) is 4.79 Å². The zero-order valence-electron chi connectivity index (χ0n) is 11.3. The van der Waals surface area contributed by atoms with Gasteiger partial charge in [-0.15, -0.1) is 0 Å². The Labute approximate surface area is 109 Å². The molecule has 3 heteroatoms. The molecule has 1 heterocycles. The third kappa shape index (κ3) is 3.25. The summed E-state index contributed by atoms with van der Waals surface area (Å²) in [6.45, 7) is 4.53. The first kappa shape index (κ1) is 12.9. The van der Waals surface area contributed by atoms with Crippen LogP contribution in [0, 0.1) is 5.92 Å². The lowest BCUT2D eigenvalue weighted by Crippen LogP contribution is -2.44. The molecule has 0 bridgehead atoms. The van der Waals surface area contributed by atoms with Gasteiger partial charge in [-0.2, -0.15) is 0 Å². The first-order valence-corrected chi connectivity index (χ1v) is 6.71. The van der Waals surface area contributed by atoms with Crippen molar-refractivity contribution in [2.24, 2.45) is 5.92 Å². The van der Waals surface area contributed by atoms with Crippen molar-refractivity contribution in [2.45, 2.75) is 19.8 Å². The highest BCUT2D eigenvalue weighted by Crippen LogP contribution is 2.16. The van der Waals surface area contributed by atoms with Gasteiger partial charge in [0, 0.05) is 25.8 Å². The number of hydrogen-bond donors (Lipinski definition) is 0. The van der Waals surface area contributed by atoms with Crippen molar-refractivity contribution in [3.8, 4) is 0 Å². The highest BCUT2D eigenvalue weighted by atomic mass is 16.2. The zero-order chi connectivity index (χ0) is 13.0. The second-order valence-corrected chi connectivity index (χ2v) is 5.28.